The second-order valence-corrected chi connectivity index (χ2v) is 17.3. The van der Waals surface area contributed by atoms with E-state index in [1.165, 1.54) is 81.7 Å². The molecule has 8 rings (SSSR count). The monoisotopic (exact) mass is 631 g/mol. The number of carbonyl (C=O) groups excluding carboxylic acids is 2. The first-order chi connectivity index (χ1) is 19.2. The van der Waals surface area contributed by atoms with Gasteiger partial charge in [0.1, 0.15) is 4.88 Å². The van der Waals surface area contributed by atoms with Gasteiger partial charge < -0.3 is 0 Å². The fourth-order valence-electron chi connectivity index (χ4n) is 5.75. The van der Waals surface area contributed by atoms with Crippen molar-refractivity contribution in [1.29, 1.82) is 0 Å². The lowest BCUT2D eigenvalue weighted by atomic mass is 9.96. The van der Waals surface area contributed by atoms with E-state index in [9.17, 15) is 9.59 Å². The third kappa shape index (κ3) is 3.36. The number of benzene rings is 1. The van der Waals surface area contributed by atoms with Crippen LogP contribution in [0.5, 0.6) is 0 Å². The average Bonchev–Trinajstić information content (AvgIpc) is 3.75. The molecule has 0 saturated carbocycles. The molecule has 0 N–H and O–H groups in total. The lowest BCUT2D eigenvalue weighted by molar-refractivity contribution is 0.0695. The topological polar surface area (TPSA) is 37.4 Å². The van der Waals surface area contributed by atoms with Gasteiger partial charge in [-0.1, -0.05) is 0 Å². The van der Waals surface area contributed by atoms with Crippen molar-refractivity contribution in [2.75, 3.05) is 7.05 Å². The highest BCUT2D eigenvalue weighted by molar-refractivity contribution is 7.33. The van der Waals surface area contributed by atoms with Crippen LogP contribution in [0.2, 0.25) is 0 Å². The van der Waals surface area contributed by atoms with E-state index in [2.05, 4.69) is 64.1 Å². The summed E-state index contributed by atoms with van der Waals surface area (Å²) in [7, 11) is 1.58. The van der Waals surface area contributed by atoms with Crippen LogP contribution in [0.15, 0.2) is 36.4 Å². The quantitative estimate of drug-likeness (QED) is 0.182. The molecule has 0 radical (unpaired) electrons. The van der Waals surface area contributed by atoms with Gasteiger partial charge in [0.05, 0.1) is 24.5 Å². The Morgan fingerprint density at radius 1 is 0.550 bits per heavy atom. The number of fused-ring (bicyclic) bond motifs is 6. The van der Waals surface area contributed by atoms with E-state index < -0.39 is 0 Å². The molecule has 0 aliphatic carbocycles. The summed E-state index contributed by atoms with van der Waals surface area (Å²) in [5.74, 6) is -0.369. The summed E-state index contributed by atoms with van der Waals surface area (Å²) in [4.78, 5) is 37.6. The number of hydrogen-bond acceptors (Lipinski definition) is 8. The Balaban J connectivity index is 1.47. The second kappa shape index (κ2) is 8.67. The minimum atomic E-state index is -0.185. The second-order valence-electron chi connectivity index (χ2n) is 10.2. The zero-order valence-corrected chi connectivity index (χ0v) is 27.1. The molecule has 7 heterocycles. The first kappa shape index (κ1) is 25.1. The van der Waals surface area contributed by atoms with Crippen LogP contribution in [0, 0.1) is 27.7 Å². The molecule has 0 unspecified atom stereocenters. The Labute approximate surface area is 254 Å². The van der Waals surface area contributed by atoms with Crippen molar-refractivity contribution in [2.24, 2.45) is 0 Å². The summed E-state index contributed by atoms with van der Waals surface area (Å²) in [6.07, 6.45) is 0. The minimum absolute atomic E-state index is 0.183. The summed E-state index contributed by atoms with van der Waals surface area (Å²) in [6, 6.07) is 13.7. The zero-order chi connectivity index (χ0) is 27.6. The molecule has 3 nitrogen and oxygen atoms in total. The smallest absolute Gasteiger partial charge is 0.271 e. The number of amides is 2. The van der Waals surface area contributed by atoms with Crippen molar-refractivity contribution in [1.82, 2.24) is 4.90 Å². The molecule has 198 valence electrons. The molecule has 6 aromatic heterocycles. The first-order valence-corrected chi connectivity index (χ1v) is 17.6. The number of hydrogen-bond donors (Lipinski definition) is 0. The Bertz CT molecular complexity index is 2230. The van der Waals surface area contributed by atoms with Crippen molar-refractivity contribution in [3.05, 3.63) is 66.3 Å². The van der Waals surface area contributed by atoms with Crippen molar-refractivity contribution >= 4 is 110 Å². The highest BCUT2D eigenvalue weighted by atomic mass is 32.1. The van der Waals surface area contributed by atoms with E-state index in [0.29, 0.717) is 10.4 Å². The van der Waals surface area contributed by atoms with Crippen LogP contribution in [-0.4, -0.2) is 23.8 Å². The third-order valence-corrected chi connectivity index (χ3v) is 14.5. The molecule has 2 amide bonds. The van der Waals surface area contributed by atoms with Crippen LogP contribution >= 0.6 is 68.0 Å². The van der Waals surface area contributed by atoms with Crippen molar-refractivity contribution < 1.29 is 9.59 Å². The van der Waals surface area contributed by atoms with Gasteiger partial charge in [0.2, 0.25) is 0 Å². The van der Waals surface area contributed by atoms with E-state index in [1.54, 1.807) is 18.4 Å². The van der Waals surface area contributed by atoms with Gasteiger partial charge in [-0.25, -0.2) is 0 Å². The lowest BCUT2D eigenvalue weighted by Crippen LogP contribution is -2.24. The summed E-state index contributed by atoms with van der Waals surface area (Å²) in [6.45, 7) is 8.63. The van der Waals surface area contributed by atoms with Crippen LogP contribution < -0.4 is 0 Å². The standard InChI is InChI=1S/C31H21NO2S6/c1-12-6-8-18(35-12)22-16-10-14(3)37-25(16)26-17(23(22)19-9-7-13(2)36-19)11-20(39-26)27-28-21(15(4)38-27)24-29(40-28)31(34)32(5)30(24)33/h6-11H,1-5H3. The molecule has 0 bridgehead atoms. The summed E-state index contributed by atoms with van der Waals surface area (Å²) < 4.78 is 3.72. The van der Waals surface area contributed by atoms with E-state index in [0.717, 1.165) is 15.0 Å². The lowest BCUT2D eigenvalue weighted by Gasteiger charge is -2.11. The molecule has 1 aromatic carbocycles. The van der Waals surface area contributed by atoms with Crippen molar-refractivity contribution in [2.45, 2.75) is 27.7 Å². The Morgan fingerprint density at radius 3 is 1.80 bits per heavy atom. The maximum atomic E-state index is 13.0. The van der Waals surface area contributed by atoms with E-state index in [4.69, 9.17) is 0 Å². The maximum absolute atomic E-state index is 13.0. The van der Waals surface area contributed by atoms with Crippen LogP contribution in [-0.2, 0) is 0 Å². The van der Waals surface area contributed by atoms with Gasteiger partial charge in [-0.2, -0.15) is 0 Å². The van der Waals surface area contributed by atoms with Gasteiger partial charge in [-0.15, -0.1) is 68.0 Å². The number of imide groups is 1. The Kier molecular flexibility index (Phi) is 5.44. The van der Waals surface area contributed by atoms with E-state index in [1.807, 2.05) is 45.3 Å². The number of nitrogens with zero attached hydrogens (tertiary/aromatic N) is 1. The molecule has 0 spiro atoms. The van der Waals surface area contributed by atoms with Crippen molar-refractivity contribution in [3.8, 4) is 30.6 Å². The molecule has 7 aromatic rings. The van der Waals surface area contributed by atoms with E-state index in [-0.39, 0.29) is 11.8 Å². The highest BCUT2D eigenvalue weighted by Crippen LogP contribution is 2.55. The van der Waals surface area contributed by atoms with Gasteiger partial charge in [-0.3, -0.25) is 14.5 Å². The van der Waals surface area contributed by atoms with Crippen molar-refractivity contribution in [3.63, 3.8) is 0 Å². The van der Waals surface area contributed by atoms with Crippen LogP contribution in [0.4, 0.5) is 0 Å². The van der Waals surface area contributed by atoms with Gasteiger partial charge in [0.15, 0.2) is 0 Å². The normalized spacial score (nSPS) is 13.7. The summed E-state index contributed by atoms with van der Waals surface area (Å²) in [5, 5.41) is 3.57. The van der Waals surface area contributed by atoms with Crippen LogP contribution in [0.3, 0.4) is 0 Å². The van der Waals surface area contributed by atoms with Crippen LogP contribution in [0.25, 0.3) is 60.9 Å². The van der Waals surface area contributed by atoms with Gasteiger partial charge in [-0.05, 0) is 64.1 Å². The molecular formula is C31H21NO2S6. The number of rotatable bonds is 3. The van der Waals surface area contributed by atoms with E-state index >= 15 is 0 Å². The molecule has 9 heteroatoms. The fourth-order valence-corrected chi connectivity index (χ4v) is 12.8. The third-order valence-electron chi connectivity index (χ3n) is 7.52. The zero-order valence-electron chi connectivity index (χ0n) is 22.2. The summed E-state index contributed by atoms with van der Waals surface area (Å²) in [5.41, 5.74) is 3.24. The first-order valence-electron chi connectivity index (χ1n) is 12.7. The number of thiophene rings is 6. The van der Waals surface area contributed by atoms with Gasteiger partial charge >= 0.3 is 0 Å². The van der Waals surface area contributed by atoms with Gasteiger partial charge in [0.25, 0.3) is 11.8 Å². The molecule has 0 atom stereocenters. The minimum Gasteiger partial charge on any atom is -0.277 e. The number of carbonyl (C=O) groups is 2. The fraction of sp³-hybridized carbons (Fsp3) is 0.161. The van der Waals surface area contributed by atoms with Crippen LogP contribution in [0.1, 0.15) is 39.5 Å². The molecule has 0 saturated heterocycles. The average molecular weight is 632 g/mol. The molecule has 1 aliphatic rings. The predicted octanol–water partition coefficient (Wildman–Crippen LogP) is 11.0. The highest BCUT2D eigenvalue weighted by Gasteiger charge is 2.39. The SMILES string of the molecule is Cc1ccc(-c2c(-c3ccc(C)s3)c3cc(-c4sc(C)c5c6c(sc45)C(=O)N(C)C6=O)sc3c3sc(C)cc23)s1. The molecule has 1 aliphatic heterocycles. The maximum Gasteiger partial charge on any atom is 0.271 e. The predicted molar refractivity (Wildman–Crippen MR) is 178 cm³/mol. The molecule has 40 heavy (non-hydrogen) atoms. The molecule has 0 fully saturated rings. The Hall–Kier alpha value is -2.66. The van der Waals surface area contributed by atoms with Gasteiger partial charge in [0, 0.05) is 68.5 Å². The Morgan fingerprint density at radius 2 is 1.18 bits per heavy atom. The largest absolute Gasteiger partial charge is 0.277 e. The number of aryl methyl sites for hydroxylation is 4. The molecular weight excluding hydrogens is 611 g/mol. The summed E-state index contributed by atoms with van der Waals surface area (Å²) >= 11 is 10.7.